The van der Waals surface area contributed by atoms with Crippen molar-refractivity contribution in [2.45, 2.75) is 49.4 Å². The zero-order valence-electron chi connectivity index (χ0n) is 10.9. The monoisotopic (exact) mass is 250 g/mol. The molecule has 0 bridgehead atoms. The van der Waals surface area contributed by atoms with Gasteiger partial charge in [-0.1, -0.05) is 26.3 Å². The minimum Gasteiger partial charge on any atom is -0.315 e. The lowest BCUT2D eigenvalue weighted by Crippen LogP contribution is -2.49. The van der Waals surface area contributed by atoms with Crippen LogP contribution in [-0.2, 0) is 0 Å². The molecule has 94 valence electrons. The highest BCUT2D eigenvalue weighted by molar-refractivity contribution is 7.99. The Kier molecular flexibility index (Phi) is 4.10. The van der Waals surface area contributed by atoms with Gasteiger partial charge >= 0.3 is 0 Å². The SMILES string of the molecule is CNC1C(Sc2ccccn2)CCCC1(C)C. The first-order valence-electron chi connectivity index (χ1n) is 6.38. The average Bonchev–Trinajstić information content (AvgIpc) is 2.29. The van der Waals surface area contributed by atoms with Crippen molar-refractivity contribution in [1.82, 2.24) is 10.3 Å². The van der Waals surface area contributed by atoms with E-state index in [1.807, 2.05) is 24.0 Å². The van der Waals surface area contributed by atoms with E-state index in [2.05, 4.69) is 43.3 Å². The van der Waals surface area contributed by atoms with Crippen molar-refractivity contribution in [2.24, 2.45) is 5.41 Å². The Bertz CT molecular complexity index is 350. The van der Waals surface area contributed by atoms with Gasteiger partial charge < -0.3 is 5.32 Å². The summed E-state index contributed by atoms with van der Waals surface area (Å²) in [6.45, 7) is 4.75. The molecule has 3 heteroatoms. The Labute approximate surface area is 109 Å². The first-order chi connectivity index (χ1) is 8.13. The van der Waals surface area contributed by atoms with Crippen LogP contribution in [-0.4, -0.2) is 23.3 Å². The van der Waals surface area contributed by atoms with Crippen LogP contribution < -0.4 is 5.32 Å². The molecule has 1 saturated carbocycles. The highest BCUT2D eigenvalue weighted by Gasteiger charge is 2.38. The number of hydrogen-bond acceptors (Lipinski definition) is 3. The number of pyridine rings is 1. The molecule has 1 aromatic rings. The predicted octanol–water partition coefficient (Wildman–Crippen LogP) is 3.34. The summed E-state index contributed by atoms with van der Waals surface area (Å²) in [5.74, 6) is 0. The number of nitrogens with one attached hydrogen (secondary N) is 1. The molecular weight excluding hydrogens is 228 g/mol. The van der Waals surface area contributed by atoms with Gasteiger partial charge in [-0.15, -0.1) is 11.8 Å². The van der Waals surface area contributed by atoms with Crippen molar-refractivity contribution >= 4 is 11.8 Å². The lowest BCUT2D eigenvalue weighted by atomic mass is 9.73. The molecule has 1 heterocycles. The van der Waals surface area contributed by atoms with Crippen LogP contribution in [0.5, 0.6) is 0 Å². The van der Waals surface area contributed by atoms with E-state index in [-0.39, 0.29) is 0 Å². The predicted molar refractivity (Wildman–Crippen MR) is 74.4 cm³/mol. The second-order valence-corrected chi connectivity index (χ2v) is 6.73. The van der Waals surface area contributed by atoms with Crippen LogP contribution in [0.4, 0.5) is 0 Å². The molecule has 0 radical (unpaired) electrons. The Morgan fingerprint density at radius 3 is 2.88 bits per heavy atom. The zero-order valence-corrected chi connectivity index (χ0v) is 11.8. The van der Waals surface area contributed by atoms with Crippen molar-refractivity contribution in [3.05, 3.63) is 24.4 Å². The molecule has 2 rings (SSSR count). The quantitative estimate of drug-likeness (QED) is 0.890. The zero-order chi connectivity index (χ0) is 12.3. The second kappa shape index (κ2) is 5.40. The standard InChI is InChI=1S/C14H22N2S/c1-14(2)9-6-7-11(13(14)15-3)17-12-8-4-5-10-16-12/h4-5,8,10-11,13,15H,6-7,9H2,1-3H3. The van der Waals surface area contributed by atoms with Crippen LogP contribution in [0, 0.1) is 5.41 Å². The fraction of sp³-hybridized carbons (Fsp3) is 0.643. The summed E-state index contributed by atoms with van der Waals surface area (Å²) in [5, 5.41) is 5.30. The fourth-order valence-electron chi connectivity index (χ4n) is 2.86. The molecule has 1 N–H and O–H groups in total. The van der Waals surface area contributed by atoms with Crippen LogP contribution in [0.25, 0.3) is 0 Å². The van der Waals surface area contributed by atoms with Gasteiger partial charge in [0.2, 0.25) is 0 Å². The summed E-state index contributed by atoms with van der Waals surface area (Å²) in [6, 6.07) is 6.73. The fourth-order valence-corrected chi connectivity index (χ4v) is 4.37. The van der Waals surface area contributed by atoms with Crippen molar-refractivity contribution < 1.29 is 0 Å². The lowest BCUT2D eigenvalue weighted by Gasteiger charge is -2.43. The summed E-state index contributed by atoms with van der Waals surface area (Å²) in [6.07, 6.45) is 5.81. The van der Waals surface area contributed by atoms with Crippen molar-refractivity contribution in [2.75, 3.05) is 7.05 Å². The molecule has 1 aromatic heterocycles. The molecule has 2 unspecified atom stereocenters. The number of nitrogens with zero attached hydrogens (tertiary/aromatic N) is 1. The van der Waals surface area contributed by atoms with E-state index in [0.717, 1.165) is 5.03 Å². The molecule has 0 saturated heterocycles. The molecule has 2 nitrogen and oxygen atoms in total. The second-order valence-electron chi connectivity index (χ2n) is 5.47. The van der Waals surface area contributed by atoms with E-state index in [1.54, 1.807) is 0 Å². The third-order valence-electron chi connectivity index (χ3n) is 3.74. The Hall–Kier alpha value is -0.540. The molecule has 0 spiro atoms. The maximum absolute atomic E-state index is 4.42. The van der Waals surface area contributed by atoms with Gasteiger partial charge in [-0.25, -0.2) is 4.98 Å². The van der Waals surface area contributed by atoms with Gasteiger partial charge in [-0.3, -0.25) is 0 Å². The van der Waals surface area contributed by atoms with E-state index in [9.17, 15) is 0 Å². The van der Waals surface area contributed by atoms with Gasteiger partial charge in [0.15, 0.2) is 0 Å². The van der Waals surface area contributed by atoms with E-state index in [1.165, 1.54) is 19.3 Å². The Balaban J connectivity index is 2.09. The van der Waals surface area contributed by atoms with E-state index >= 15 is 0 Å². The normalized spacial score (nSPS) is 27.9. The molecule has 2 atom stereocenters. The highest BCUT2D eigenvalue weighted by Crippen LogP contribution is 2.42. The lowest BCUT2D eigenvalue weighted by molar-refractivity contribution is 0.182. The number of hydrogen-bond donors (Lipinski definition) is 1. The smallest absolute Gasteiger partial charge is 0.0963 e. The highest BCUT2D eigenvalue weighted by atomic mass is 32.2. The Morgan fingerprint density at radius 2 is 2.24 bits per heavy atom. The molecular formula is C14H22N2S. The maximum atomic E-state index is 4.42. The largest absolute Gasteiger partial charge is 0.315 e. The van der Waals surface area contributed by atoms with E-state index in [0.29, 0.717) is 16.7 Å². The van der Waals surface area contributed by atoms with Crippen molar-refractivity contribution in [1.29, 1.82) is 0 Å². The van der Waals surface area contributed by atoms with E-state index in [4.69, 9.17) is 0 Å². The molecule has 1 aliphatic rings. The first-order valence-corrected chi connectivity index (χ1v) is 7.26. The van der Waals surface area contributed by atoms with Crippen molar-refractivity contribution in [3.63, 3.8) is 0 Å². The van der Waals surface area contributed by atoms with Gasteiger partial charge in [0, 0.05) is 17.5 Å². The van der Waals surface area contributed by atoms with Gasteiger partial charge in [0.1, 0.15) is 0 Å². The van der Waals surface area contributed by atoms with Crippen LogP contribution in [0.2, 0.25) is 0 Å². The third-order valence-corrected chi connectivity index (χ3v) is 5.04. The van der Waals surface area contributed by atoms with Crippen LogP contribution >= 0.6 is 11.8 Å². The topological polar surface area (TPSA) is 24.9 Å². The average molecular weight is 250 g/mol. The molecule has 1 aliphatic carbocycles. The summed E-state index contributed by atoms with van der Waals surface area (Å²) in [5.41, 5.74) is 0.388. The molecule has 17 heavy (non-hydrogen) atoms. The third kappa shape index (κ3) is 3.02. The van der Waals surface area contributed by atoms with E-state index < -0.39 is 0 Å². The minimum absolute atomic E-state index is 0.388. The molecule has 1 fully saturated rings. The first kappa shape index (κ1) is 12.9. The summed E-state index contributed by atoms with van der Waals surface area (Å²) >= 11 is 1.93. The van der Waals surface area contributed by atoms with Crippen LogP contribution in [0.15, 0.2) is 29.4 Å². The maximum Gasteiger partial charge on any atom is 0.0963 e. The van der Waals surface area contributed by atoms with Gasteiger partial charge in [0.05, 0.1) is 5.03 Å². The van der Waals surface area contributed by atoms with Crippen LogP contribution in [0.1, 0.15) is 33.1 Å². The minimum atomic E-state index is 0.388. The molecule has 0 aromatic carbocycles. The van der Waals surface area contributed by atoms with Gasteiger partial charge in [0.25, 0.3) is 0 Å². The van der Waals surface area contributed by atoms with Crippen molar-refractivity contribution in [3.8, 4) is 0 Å². The van der Waals surface area contributed by atoms with Gasteiger partial charge in [-0.05, 0) is 37.4 Å². The Morgan fingerprint density at radius 1 is 1.41 bits per heavy atom. The van der Waals surface area contributed by atoms with Crippen LogP contribution in [0.3, 0.4) is 0 Å². The molecule has 0 aliphatic heterocycles. The number of aromatic nitrogens is 1. The summed E-state index contributed by atoms with van der Waals surface area (Å²) in [7, 11) is 2.09. The van der Waals surface area contributed by atoms with Gasteiger partial charge in [-0.2, -0.15) is 0 Å². The summed E-state index contributed by atoms with van der Waals surface area (Å²) in [4.78, 5) is 4.42. The number of rotatable bonds is 3. The molecule has 0 amide bonds. The number of thioether (sulfide) groups is 1. The summed E-state index contributed by atoms with van der Waals surface area (Å²) < 4.78 is 0.